The highest BCUT2D eigenvalue weighted by atomic mass is 35.5. The molecule has 2 N–H and O–H groups in total. The molecule has 0 saturated carbocycles. The van der Waals surface area contributed by atoms with Crippen LogP contribution in [0.3, 0.4) is 0 Å². The molecule has 0 fully saturated rings. The quantitative estimate of drug-likeness (QED) is 0.846. The maximum atomic E-state index is 8.49. The van der Waals surface area contributed by atoms with Crippen LogP contribution in [-0.2, 0) is 0 Å². The van der Waals surface area contributed by atoms with Crippen LogP contribution in [0.15, 0.2) is 23.1 Å². The van der Waals surface area contributed by atoms with E-state index < -0.39 is 0 Å². The number of nitriles is 1. The summed E-state index contributed by atoms with van der Waals surface area (Å²) < 4.78 is 0. The molecule has 0 saturated heterocycles. The van der Waals surface area contributed by atoms with E-state index in [0.29, 0.717) is 16.5 Å². The van der Waals surface area contributed by atoms with Crippen LogP contribution in [0.4, 0.5) is 0 Å². The molecule has 0 heterocycles. The molecule has 1 aromatic carbocycles. The maximum absolute atomic E-state index is 8.49. The smallest absolute Gasteiger partial charge is 0.0936 e. The van der Waals surface area contributed by atoms with E-state index in [-0.39, 0.29) is 6.04 Å². The fourth-order valence-electron chi connectivity index (χ4n) is 0.935. The first-order valence-corrected chi connectivity index (χ1v) is 6.10. The van der Waals surface area contributed by atoms with Crippen molar-refractivity contribution < 1.29 is 0 Å². The second-order valence-electron chi connectivity index (χ2n) is 2.95. The van der Waals surface area contributed by atoms with E-state index in [1.165, 1.54) is 0 Å². The minimum absolute atomic E-state index is 0.389. The van der Waals surface area contributed by atoms with Gasteiger partial charge in [-0.1, -0.05) is 23.2 Å². The lowest BCUT2D eigenvalue weighted by Gasteiger charge is -2.04. The van der Waals surface area contributed by atoms with Gasteiger partial charge in [-0.25, -0.2) is 0 Å². The number of halogens is 2. The Kier molecular flexibility index (Phi) is 5.27. The normalized spacial score (nSPS) is 12.1. The van der Waals surface area contributed by atoms with Crippen LogP contribution in [-0.4, -0.2) is 11.8 Å². The fraction of sp³-hybridized carbons (Fsp3) is 0.300. The Hall–Kier alpha value is -0.400. The Morgan fingerprint density at radius 1 is 1.40 bits per heavy atom. The number of benzene rings is 1. The van der Waals surface area contributed by atoms with Crippen molar-refractivity contribution in [2.45, 2.75) is 17.4 Å². The lowest BCUT2D eigenvalue weighted by Crippen LogP contribution is -2.17. The van der Waals surface area contributed by atoms with Gasteiger partial charge >= 0.3 is 0 Å². The lowest BCUT2D eigenvalue weighted by atomic mass is 10.3. The minimum Gasteiger partial charge on any atom is -0.316 e. The van der Waals surface area contributed by atoms with Crippen LogP contribution in [0.25, 0.3) is 0 Å². The molecule has 0 radical (unpaired) electrons. The second-order valence-corrected chi connectivity index (χ2v) is 4.93. The number of nitrogens with zero attached hydrogens (tertiary/aromatic N) is 1. The summed E-state index contributed by atoms with van der Waals surface area (Å²) in [6.07, 6.45) is 0.668. The SMILES string of the molecule is N#CC(N)CCSc1ccc(Cl)c(Cl)c1. The van der Waals surface area contributed by atoms with Crippen molar-refractivity contribution >= 4 is 35.0 Å². The molecule has 0 aliphatic carbocycles. The van der Waals surface area contributed by atoms with E-state index in [1.54, 1.807) is 17.8 Å². The van der Waals surface area contributed by atoms with Crippen LogP contribution in [0, 0.1) is 11.3 Å². The molecule has 0 amide bonds. The van der Waals surface area contributed by atoms with Gasteiger partial charge < -0.3 is 5.73 Å². The Morgan fingerprint density at radius 3 is 2.73 bits per heavy atom. The lowest BCUT2D eigenvalue weighted by molar-refractivity contribution is 0.803. The number of rotatable bonds is 4. The van der Waals surface area contributed by atoms with Gasteiger partial charge in [-0.15, -0.1) is 11.8 Å². The Labute approximate surface area is 103 Å². The highest BCUT2D eigenvalue weighted by Crippen LogP contribution is 2.28. The first-order chi connectivity index (χ1) is 7.13. The molecule has 2 nitrogen and oxygen atoms in total. The summed E-state index contributed by atoms with van der Waals surface area (Å²) in [7, 11) is 0. The Morgan fingerprint density at radius 2 is 2.13 bits per heavy atom. The molecule has 5 heteroatoms. The van der Waals surface area contributed by atoms with Crippen molar-refractivity contribution in [2.75, 3.05) is 5.75 Å². The number of hydrogen-bond acceptors (Lipinski definition) is 3. The van der Waals surface area contributed by atoms with E-state index in [0.717, 1.165) is 10.6 Å². The van der Waals surface area contributed by atoms with E-state index in [1.807, 2.05) is 18.2 Å². The summed E-state index contributed by atoms with van der Waals surface area (Å²) in [5.74, 6) is 0.798. The standard InChI is InChI=1S/C10H10Cl2N2S/c11-9-2-1-8(5-10(9)12)15-4-3-7(14)6-13/h1-2,5,7H,3-4,14H2. The van der Waals surface area contributed by atoms with Crippen LogP contribution in [0.2, 0.25) is 10.0 Å². The van der Waals surface area contributed by atoms with Gasteiger partial charge in [-0.2, -0.15) is 5.26 Å². The van der Waals surface area contributed by atoms with E-state index in [9.17, 15) is 0 Å². The molecule has 1 aromatic rings. The molecule has 1 atom stereocenters. The zero-order valence-corrected chi connectivity index (χ0v) is 10.2. The molecule has 0 aliphatic rings. The summed E-state index contributed by atoms with van der Waals surface area (Å²) in [5.41, 5.74) is 5.47. The van der Waals surface area contributed by atoms with Gasteiger partial charge in [0.15, 0.2) is 0 Å². The second kappa shape index (κ2) is 6.24. The van der Waals surface area contributed by atoms with E-state index in [4.69, 9.17) is 34.2 Å². The largest absolute Gasteiger partial charge is 0.316 e. The minimum atomic E-state index is -0.389. The predicted molar refractivity (Wildman–Crippen MR) is 65.4 cm³/mol. The summed E-state index contributed by atoms with van der Waals surface area (Å²) in [6, 6.07) is 7.07. The molecule has 1 unspecified atom stereocenters. The maximum Gasteiger partial charge on any atom is 0.0936 e. The third-order valence-corrected chi connectivity index (χ3v) is 3.52. The summed E-state index contributed by atoms with van der Waals surface area (Å²) >= 11 is 13.3. The van der Waals surface area contributed by atoms with Crippen LogP contribution < -0.4 is 5.73 Å². The average molecular weight is 261 g/mol. The topological polar surface area (TPSA) is 49.8 Å². The first-order valence-electron chi connectivity index (χ1n) is 4.36. The predicted octanol–water partition coefficient (Wildman–Crippen LogP) is 3.33. The van der Waals surface area contributed by atoms with Gasteiger partial charge in [-0.3, -0.25) is 0 Å². The molecule has 1 rings (SSSR count). The van der Waals surface area contributed by atoms with Crippen molar-refractivity contribution in [1.82, 2.24) is 0 Å². The highest BCUT2D eigenvalue weighted by Gasteiger charge is 2.02. The third-order valence-electron chi connectivity index (χ3n) is 1.75. The van der Waals surface area contributed by atoms with Gasteiger partial charge in [0.2, 0.25) is 0 Å². The molecule has 80 valence electrons. The number of hydrogen-bond donors (Lipinski definition) is 1. The molecule has 0 bridgehead atoms. The average Bonchev–Trinajstić information content (AvgIpc) is 2.23. The van der Waals surface area contributed by atoms with Gasteiger partial charge in [0.1, 0.15) is 0 Å². The van der Waals surface area contributed by atoms with Crippen LogP contribution in [0.1, 0.15) is 6.42 Å². The van der Waals surface area contributed by atoms with Crippen molar-refractivity contribution in [3.8, 4) is 6.07 Å². The summed E-state index contributed by atoms with van der Waals surface area (Å²) in [6.45, 7) is 0. The molecule has 15 heavy (non-hydrogen) atoms. The molecule has 0 aromatic heterocycles. The fourth-order valence-corrected chi connectivity index (χ4v) is 2.27. The van der Waals surface area contributed by atoms with Crippen molar-refractivity contribution in [3.63, 3.8) is 0 Å². The van der Waals surface area contributed by atoms with Gasteiger partial charge in [-0.05, 0) is 24.6 Å². The monoisotopic (exact) mass is 260 g/mol. The summed E-state index contributed by atoms with van der Waals surface area (Å²) in [4.78, 5) is 1.04. The summed E-state index contributed by atoms with van der Waals surface area (Å²) in [5, 5.41) is 9.59. The molecular formula is C10H10Cl2N2S. The van der Waals surface area contributed by atoms with Gasteiger partial charge in [0, 0.05) is 10.6 Å². The van der Waals surface area contributed by atoms with Crippen molar-refractivity contribution in [3.05, 3.63) is 28.2 Å². The Balaban J connectivity index is 2.45. The van der Waals surface area contributed by atoms with Gasteiger partial charge in [0.25, 0.3) is 0 Å². The molecule has 0 aliphatic heterocycles. The van der Waals surface area contributed by atoms with Crippen LogP contribution in [0.5, 0.6) is 0 Å². The first kappa shape index (κ1) is 12.7. The zero-order valence-electron chi connectivity index (χ0n) is 7.91. The Bertz CT molecular complexity index is 376. The van der Waals surface area contributed by atoms with E-state index in [2.05, 4.69) is 0 Å². The highest BCUT2D eigenvalue weighted by molar-refractivity contribution is 7.99. The van der Waals surface area contributed by atoms with Crippen molar-refractivity contribution in [2.24, 2.45) is 5.73 Å². The molecular weight excluding hydrogens is 251 g/mol. The van der Waals surface area contributed by atoms with Crippen molar-refractivity contribution in [1.29, 1.82) is 5.26 Å². The van der Waals surface area contributed by atoms with Crippen LogP contribution >= 0.6 is 35.0 Å². The number of thioether (sulfide) groups is 1. The third kappa shape index (κ3) is 4.31. The van der Waals surface area contributed by atoms with Gasteiger partial charge in [0.05, 0.1) is 22.2 Å². The van der Waals surface area contributed by atoms with E-state index >= 15 is 0 Å². The zero-order chi connectivity index (χ0) is 11.3. The molecule has 0 spiro atoms. The number of nitrogens with two attached hydrogens (primary N) is 1.